The molecule has 29 heavy (non-hydrogen) atoms. The molecule has 3 rings (SSSR count). The van der Waals surface area contributed by atoms with Crippen molar-refractivity contribution in [1.29, 1.82) is 0 Å². The summed E-state index contributed by atoms with van der Waals surface area (Å²) in [5.74, 6) is 0.646. The van der Waals surface area contributed by atoms with Gasteiger partial charge in [0, 0.05) is 5.56 Å². The Kier molecular flexibility index (Phi) is 7.23. The Morgan fingerprint density at radius 2 is 1.93 bits per heavy atom. The molecule has 0 fully saturated rings. The zero-order chi connectivity index (χ0) is 21.0. The van der Waals surface area contributed by atoms with E-state index in [2.05, 4.69) is 19.1 Å². The van der Waals surface area contributed by atoms with Gasteiger partial charge in [-0.05, 0) is 42.2 Å². The van der Waals surface area contributed by atoms with Gasteiger partial charge in [0.25, 0.3) is 0 Å². The fourth-order valence-electron chi connectivity index (χ4n) is 3.41. The van der Waals surface area contributed by atoms with Crippen LogP contribution >= 0.6 is 0 Å². The maximum atomic E-state index is 9.85. The lowest BCUT2D eigenvalue weighted by Gasteiger charge is -2.30. The first-order valence-corrected chi connectivity index (χ1v) is 9.72. The van der Waals surface area contributed by atoms with Crippen LogP contribution in [0.2, 0.25) is 0 Å². The molecule has 1 heterocycles. The Morgan fingerprint density at radius 1 is 1.14 bits per heavy atom. The van der Waals surface area contributed by atoms with Crippen LogP contribution in [0.25, 0.3) is 0 Å². The molecular weight excluding hydrogens is 376 g/mol. The Morgan fingerprint density at radius 3 is 2.59 bits per heavy atom. The second-order valence-electron chi connectivity index (χ2n) is 7.14. The summed E-state index contributed by atoms with van der Waals surface area (Å²) in [5.41, 5.74) is 3.38. The lowest BCUT2D eigenvalue weighted by atomic mass is 9.94. The SMILES string of the molecule is CCc1cccc(C2OCOc3ccc(C(OC(CO)C(C)O)C(O)O)cc32)c1. The summed E-state index contributed by atoms with van der Waals surface area (Å²) in [5, 5.41) is 38.9. The first-order chi connectivity index (χ1) is 13.9. The molecule has 7 nitrogen and oxygen atoms in total. The Bertz CT molecular complexity index is 805. The third-order valence-corrected chi connectivity index (χ3v) is 5.07. The van der Waals surface area contributed by atoms with Gasteiger partial charge in [-0.1, -0.05) is 37.3 Å². The number of fused-ring (bicyclic) bond motifs is 1. The van der Waals surface area contributed by atoms with Gasteiger partial charge in [-0.25, -0.2) is 0 Å². The molecule has 0 saturated heterocycles. The van der Waals surface area contributed by atoms with E-state index in [9.17, 15) is 20.4 Å². The molecule has 1 aliphatic rings. The van der Waals surface area contributed by atoms with Crippen molar-refractivity contribution in [3.8, 4) is 5.75 Å². The highest BCUT2D eigenvalue weighted by Gasteiger charge is 2.30. The molecule has 4 unspecified atom stereocenters. The second-order valence-corrected chi connectivity index (χ2v) is 7.14. The Hall–Kier alpha value is -2.00. The minimum absolute atomic E-state index is 0.116. The predicted octanol–water partition coefficient (Wildman–Crippen LogP) is 1.81. The lowest BCUT2D eigenvalue weighted by Crippen LogP contribution is -2.35. The molecule has 0 saturated carbocycles. The van der Waals surface area contributed by atoms with Crippen molar-refractivity contribution in [3.63, 3.8) is 0 Å². The summed E-state index contributed by atoms with van der Waals surface area (Å²) < 4.78 is 17.1. The Balaban J connectivity index is 1.96. The van der Waals surface area contributed by atoms with Crippen molar-refractivity contribution in [2.24, 2.45) is 0 Å². The summed E-state index contributed by atoms with van der Waals surface area (Å²) in [6, 6.07) is 13.2. The van der Waals surface area contributed by atoms with Crippen LogP contribution < -0.4 is 4.74 Å². The number of aliphatic hydroxyl groups excluding tert-OH is 3. The maximum absolute atomic E-state index is 9.85. The highest BCUT2D eigenvalue weighted by Crippen LogP contribution is 2.39. The average molecular weight is 404 g/mol. The molecule has 4 N–H and O–H groups in total. The molecule has 0 aliphatic carbocycles. The highest BCUT2D eigenvalue weighted by atomic mass is 16.7. The first kappa shape index (κ1) is 21.7. The van der Waals surface area contributed by atoms with E-state index in [1.807, 2.05) is 12.1 Å². The van der Waals surface area contributed by atoms with E-state index >= 15 is 0 Å². The van der Waals surface area contributed by atoms with Crippen LogP contribution in [0.15, 0.2) is 42.5 Å². The smallest absolute Gasteiger partial charge is 0.190 e. The fraction of sp³-hybridized carbons (Fsp3) is 0.455. The van der Waals surface area contributed by atoms with Gasteiger partial charge in [0.05, 0.1) is 12.7 Å². The first-order valence-electron chi connectivity index (χ1n) is 9.72. The molecule has 0 aromatic heterocycles. The maximum Gasteiger partial charge on any atom is 0.190 e. The largest absolute Gasteiger partial charge is 0.467 e. The molecule has 2 aromatic carbocycles. The molecule has 2 aromatic rings. The van der Waals surface area contributed by atoms with Crippen molar-refractivity contribution in [1.82, 2.24) is 0 Å². The van der Waals surface area contributed by atoms with Gasteiger partial charge in [0.15, 0.2) is 13.1 Å². The minimum Gasteiger partial charge on any atom is -0.467 e. The number of rotatable bonds is 8. The number of aryl methyl sites for hydroxylation is 1. The number of benzene rings is 2. The lowest BCUT2D eigenvalue weighted by molar-refractivity contribution is -0.188. The fourth-order valence-corrected chi connectivity index (χ4v) is 3.41. The van der Waals surface area contributed by atoms with Gasteiger partial charge < -0.3 is 34.6 Å². The second kappa shape index (κ2) is 9.67. The van der Waals surface area contributed by atoms with Gasteiger partial charge >= 0.3 is 0 Å². The van der Waals surface area contributed by atoms with Crippen molar-refractivity contribution in [3.05, 3.63) is 64.7 Å². The van der Waals surface area contributed by atoms with Crippen LogP contribution in [-0.4, -0.2) is 52.3 Å². The summed E-state index contributed by atoms with van der Waals surface area (Å²) in [4.78, 5) is 0. The Labute approximate surface area is 170 Å². The third kappa shape index (κ3) is 4.95. The van der Waals surface area contributed by atoms with Crippen LogP contribution in [0, 0.1) is 0 Å². The van der Waals surface area contributed by atoms with Crippen molar-refractivity contribution >= 4 is 0 Å². The van der Waals surface area contributed by atoms with Gasteiger partial charge in [0.2, 0.25) is 0 Å². The molecular formula is C22H28O7. The standard InChI is InChI=1S/C22H28O7/c1-3-14-5-4-6-15(9-14)20-17-10-16(7-8-18(17)27-12-28-20)21(22(25)26)29-19(11-23)13(2)24/h4-10,13,19-26H,3,11-12H2,1-2H3. The zero-order valence-electron chi connectivity index (χ0n) is 16.6. The summed E-state index contributed by atoms with van der Waals surface area (Å²) in [6.45, 7) is 3.21. The molecule has 7 heteroatoms. The molecule has 158 valence electrons. The quantitative estimate of drug-likeness (QED) is 0.497. The van der Waals surface area contributed by atoms with Crippen molar-refractivity contribution in [2.75, 3.05) is 13.4 Å². The van der Waals surface area contributed by atoms with E-state index in [-0.39, 0.29) is 12.9 Å². The number of ether oxygens (including phenoxy) is 3. The van der Waals surface area contributed by atoms with Crippen LogP contribution in [0.3, 0.4) is 0 Å². The predicted molar refractivity (Wildman–Crippen MR) is 105 cm³/mol. The normalized spacial score (nSPS) is 19.3. The molecule has 4 atom stereocenters. The minimum atomic E-state index is -1.84. The van der Waals surface area contributed by atoms with Gasteiger partial charge in [-0.15, -0.1) is 0 Å². The van der Waals surface area contributed by atoms with E-state index in [0.29, 0.717) is 11.3 Å². The monoisotopic (exact) mass is 404 g/mol. The molecule has 0 bridgehead atoms. The van der Waals surface area contributed by atoms with Crippen molar-refractivity contribution < 1.29 is 34.6 Å². The zero-order valence-corrected chi connectivity index (χ0v) is 16.6. The van der Waals surface area contributed by atoms with Crippen molar-refractivity contribution in [2.45, 2.75) is 51.0 Å². The molecule has 0 spiro atoms. The van der Waals surface area contributed by atoms with Crippen LogP contribution in [0.5, 0.6) is 5.75 Å². The van der Waals surface area contributed by atoms with E-state index in [4.69, 9.17) is 14.2 Å². The summed E-state index contributed by atoms with van der Waals surface area (Å²) in [6.07, 6.45) is -4.40. The van der Waals surface area contributed by atoms with Gasteiger partial charge in [0.1, 0.15) is 24.1 Å². The summed E-state index contributed by atoms with van der Waals surface area (Å²) >= 11 is 0. The van der Waals surface area contributed by atoms with E-state index in [0.717, 1.165) is 17.5 Å². The van der Waals surface area contributed by atoms with Crippen LogP contribution in [-0.2, 0) is 15.9 Å². The number of aliphatic hydroxyl groups is 4. The summed E-state index contributed by atoms with van der Waals surface area (Å²) in [7, 11) is 0. The number of hydrogen-bond acceptors (Lipinski definition) is 7. The third-order valence-electron chi connectivity index (χ3n) is 5.07. The van der Waals surface area contributed by atoms with Gasteiger partial charge in [-0.2, -0.15) is 0 Å². The average Bonchev–Trinajstić information content (AvgIpc) is 2.73. The van der Waals surface area contributed by atoms with Crippen LogP contribution in [0.4, 0.5) is 0 Å². The van der Waals surface area contributed by atoms with Gasteiger partial charge in [-0.3, -0.25) is 0 Å². The molecule has 0 amide bonds. The number of hydrogen-bond donors (Lipinski definition) is 4. The van der Waals surface area contributed by atoms with E-state index < -0.39 is 31.2 Å². The van der Waals surface area contributed by atoms with Crippen LogP contribution in [0.1, 0.15) is 48.3 Å². The molecule has 1 aliphatic heterocycles. The topological polar surface area (TPSA) is 109 Å². The molecule has 0 radical (unpaired) electrons. The van der Waals surface area contributed by atoms with E-state index in [1.54, 1.807) is 18.2 Å². The highest BCUT2D eigenvalue weighted by molar-refractivity contribution is 5.45. The van der Waals surface area contributed by atoms with E-state index in [1.165, 1.54) is 12.5 Å².